The molecule has 2 atom stereocenters. The van der Waals surface area contributed by atoms with Crippen LogP contribution in [0.4, 0.5) is 5.69 Å². The summed E-state index contributed by atoms with van der Waals surface area (Å²) in [6.45, 7) is 2.38. The number of hydrogen-bond acceptors (Lipinski definition) is 4. The van der Waals surface area contributed by atoms with Crippen molar-refractivity contribution in [3.63, 3.8) is 0 Å². The van der Waals surface area contributed by atoms with Gasteiger partial charge in [0.25, 0.3) is 5.56 Å². The molecule has 0 radical (unpaired) electrons. The number of halogens is 2. The summed E-state index contributed by atoms with van der Waals surface area (Å²) in [5.41, 5.74) is 1.98. The van der Waals surface area contributed by atoms with E-state index in [0.717, 1.165) is 17.0 Å². The molecule has 164 valence electrons. The van der Waals surface area contributed by atoms with Crippen molar-refractivity contribution in [3.05, 3.63) is 86.8 Å². The maximum absolute atomic E-state index is 13.0. The molecule has 2 unspecified atom stereocenters. The first kappa shape index (κ1) is 21.0. The van der Waals surface area contributed by atoms with Gasteiger partial charge in [0.05, 0.1) is 17.6 Å². The van der Waals surface area contributed by atoms with E-state index in [1.54, 1.807) is 6.20 Å². The molecule has 8 heteroatoms. The molecule has 1 aliphatic heterocycles. The number of benzene rings is 2. The number of nitrogens with zero attached hydrogens (tertiary/aromatic N) is 4. The third-order valence-electron chi connectivity index (χ3n) is 6.25. The van der Waals surface area contributed by atoms with Crippen molar-refractivity contribution in [2.75, 3.05) is 31.1 Å². The van der Waals surface area contributed by atoms with Gasteiger partial charge in [-0.2, -0.15) is 9.78 Å². The summed E-state index contributed by atoms with van der Waals surface area (Å²) < 4.78 is 1.30. The summed E-state index contributed by atoms with van der Waals surface area (Å²) in [7, 11) is 0. The van der Waals surface area contributed by atoms with Crippen molar-refractivity contribution in [2.45, 2.75) is 12.3 Å². The number of piperazine rings is 1. The maximum Gasteiger partial charge on any atom is 0.292 e. The van der Waals surface area contributed by atoms with E-state index in [1.807, 2.05) is 64.4 Å². The monoisotopic (exact) mass is 468 g/mol. The standard InChI is InChI=1S/C24H22Cl2N4O2/c25-20-9-5-4-8-17(20)18-14-19(18)23(31)29-12-10-28(11-13-29)21-15-27-30(24(32)22(21)26)16-6-2-1-3-7-16/h1-9,15,18-19H,10-14H2. The van der Waals surface area contributed by atoms with Gasteiger partial charge in [0.15, 0.2) is 0 Å². The summed E-state index contributed by atoms with van der Waals surface area (Å²) in [5.74, 6) is 0.387. The second-order valence-corrected chi connectivity index (χ2v) is 8.96. The molecule has 1 aromatic heterocycles. The Morgan fingerprint density at radius 2 is 1.62 bits per heavy atom. The van der Waals surface area contributed by atoms with Crippen molar-refractivity contribution in [3.8, 4) is 5.69 Å². The topological polar surface area (TPSA) is 58.4 Å². The molecule has 5 rings (SSSR count). The van der Waals surface area contributed by atoms with E-state index in [2.05, 4.69) is 5.10 Å². The minimum atomic E-state index is -0.352. The molecule has 32 heavy (non-hydrogen) atoms. The van der Waals surface area contributed by atoms with Crippen LogP contribution >= 0.6 is 23.2 Å². The van der Waals surface area contributed by atoms with Gasteiger partial charge in [-0.1, -0.05) is 59.6 Å². The van der Waals surface area contributed by atoms with Crippen LogP contribution in [0.1, 0.15) is 17.9 Å². The van der Waals surface area contributed by atoms with Crippen LogP contribution in [0.5, 0.6) is 0 Å². The van der Waals surface area contributed by atoms with Gasteiger partial charge in [-0.25, -0.2) is 0 Å². The predicted molar refractivity (Wildman–Crippen MR) is 126 cm³/mol. The van der Waals surface area contributed by atoms with Gasteiger partial charge in [0.2, 0.25) is 5.91 Å². The summed E-state index contributed by atoms with van der Waals surface area (Å²) >= 11 is 12.7. The molecule has 6 nitrogen and oxygen atoms in total. The van der Waals surface area contributed by atoms with Crippen molar-refractivity contribution in [1.82, 2.24) is 14.7 Å². The summed E-state index contributed by atoms with van der Waals surface area (Å²) in [5, 5.41) is 5.18. The van der Waals surface area contributed by atoms with E-state index in [-0.39, 0.29) is 28.3 Å². The van der Waals surface area contributed by atoms with E-state index in [4.69, 9.17) is 23.2 Å². The number of carbonyl (C=O) groups excluding carboxylic acids is 1. The Kier molecular flexibility index (Phi) is 5.66. The number of anilines is 1. The normalized spacial score (nSPS) is 20.3. The van der Waals surface area contributed by atoms with Crippen LogP contribution in [-0.2, 0) is 4.79 Å². The van der Waals surface area contributed by atoms with Crippen LogP contribution in [0.15, 0.2) is 65.6 Å². The summed E-state index contributed by atoms with van der Waals surface area (Å²) in [6.07, 6.45) is 2.47. The van der Waals surface area contributed by atoms with Crippen LogP contribution in [0.3, 0.4) is 0 Å². The average Bonchev–Trinajstić information content (AvgIpc) is 3.62. The van der Waals surface area contributed by atoms with E-state index in [1.165, 1.54) is 4.68 Å². The zero-order valence-corrected chi connectivity index (χ0v) is 18.8. The molecular weight excluding hydrogens is 447 g/mol. The minimum absolute atomic E-state index is 0.00139. The summed E-state index contributed by atoms with van der Waals surface area (Å²) in [4.78, 5) is 29.7. The SMILES string of the molecule is O=C(C1CC1c1ccccc1Cl)N1CCN(c2cnn(-c3ccccc3)c(=O)c2Cl)CC1. The Hall–Kier alpha value is -2.83. The van der Waals surface area contributed by atoms with Crippen molar-refractivity contribution in [1.29, 1.82) is 0 Å². The Morgan fingerprint density at radius 3 is 2.34 bits per heavy atom. The third kappa shape index (κ3) is 3.89. The van der Waals surface area contributed by atoms with Gasteiger partial charge in [0, 0.05) is 37.1 Å². The second-order valence-electron chi connectivity index (χ2n) is 8.18. The van der Waals surface area contributed by atoms with Crippen molar-refractivity contribution < 1.29 is 4.79 Å². The smallest absolute Gasteiger partial charge is 0.292 e. The molecule has 3 aromatic rings. The fourth-order valence-electron chi connectivity index (χ4n) is 4.39. The molecular formula is C24H22Cl2N4O2. The van der Waals surface area contributed by atoms with Crippen LogP contribution < -0.4 is 10.5 Å². The van der Waals surface area contributed by atoms with Gasteiger partial charge in [0.1, 0.15) is 5.02 Å². The zero-order chi connectivity index (χ0) is 22.2. The average molecular weight is 469 g/mol. The quantitative estimate of drug-likeness (QED) is 0.580. The zero-order valence-electron chi connectivity index (χ0n) is 17.3. The molecule has 1 amide bonds. The molecule has 0 spiro atoms. The van der Waals surface area contributed by atoms with Crippen LogP contribution in [0.25, 0.3) is 5.69 Å². The van der Waals surface area contributed by atoms with Crippen LogP contribution in [-0.4, -0.2) is 46.8 Å². The number of aromatic nitrogens is 2. The Morgan fingerprint density at radius 1 is 0.938 bits per heavy atom. The number of rotatable bonds is 4. The maximum atomic E-state index is 13.0. The highest BCUT2D eigenvalue weighted by Crippen LogP contribution is 2.50. The van der Waals surface area contributed by atoms with Crippen LogP contribution in [0, 0.1) is 5.92 Å². The molecule has 0 bridgehead atoms. The van der Waals surface area contributed by atoms with Crippen molar-refractivity contribution in [2.24, 2.45) is 5.92 Å². The Bertz CT molecular complexity index is 1210. The van der Waals surface area contributed by atoms with E-state index >= 15 is 0 Å². The summed E-state index contributed by atoms with van der Waals surface area (Å²) in [6, 6.07) is 16.9. The first-order valence-electron chi connectivity index (χ1n) is 10.7. The predicted octanol–water partition coefficient (Wildman–Crippen LogP) is 3.99. The van der Waals surface area contributed by atoms with Gasteiger partial charge in [-0.05, 0) is 36.1 Å². The molecule has 1 saturated heterocycles. The number of amides is 1. The lowest BCUT2D eigenvalue weighted by atomic mass is 10.1. The first-order valence-corrected chi connectivity index (χ1v) is 11.4. The lowest BCUT2D eigenvalue weighted by Gasteiger charge is -2.36. The van der Waals surface area contributed by atoms with E-state index in [9.17, 15) is 9.59 Å². The lowest BCUT2D eigenvalue weighted by Crippen LogP contribution is -2.49. The number of hydrogen-bond donors (Lipinski definition) is 0. The van der Waals surface area contributed by atoms with E-state index in [0.29, 0.717) is 37.6 Å². The fourth-order valence-corrected chi connectivity index (χ4v) is 4.91. The minimum Gasteiger partial charge on any atom is -0.365 e. The van der Waals surface area contributed by atoms with Crippen molar-refractivity contribution >= 4 is 34.8 Å². The highest BCUT2D eigenvalue weighted by molar-refractivity contribution is 6.33. The molecule has 1 aliphatic carbocycles. The van der Waals surface area contributed by atoms with Gasteiger partial charge in [-0.3, -0.25) is 9.59 Å². The Labute approximate surface area is 196 Å². The second kappa shape index (κ2) is 8.60. The van der Waals surface area contributed by atoms with Gasteiger partial charge < -0.3 is 9.80 Å². The number of para-hydroxylation sites is 1. The van der Waals surface area contributed by atoms with Gasteiger partial charge in [-0.15, -0.1) is 0 Å². The molecule has 1 saturated carbocycles. The fraction of sp³-hybridized carbons (Fsp3) is 0.292. The largest absolute Gasteiger partial charge is 0.365 e. The molecule has 2 heterocycles. The first-order chi connectivity index (χ1) is 15.5. The Balaban J connectivity index is 1.25. The van der Waals surface area contributed by atoms with E-state index < -0.39 is 0 Å². The van der Waals surface area contributed by atoms with Crippen LogP contribution in [0.2, 0.25) is 10.0 Å². The third-order valence-corrected chi connectivity index (χ3v) is 6.95. The molecule has 2 fully saturated rings. The highest BCUT2D eigenvalue weighted by Gasteiger charge is 2.46. The molecule has 2 aliphatic rings. The number of carbonyl (C=O) groups is 1. The van der Waals surface area contributed by atoms with Gasteiger partial charge >= 0.3 is 0 Å². The molecule has 0 N–H and O–H groups in total. The molecule has 2 aromatic carbocycles. The highest BCUT2D eigenvalue weighted by atomic mass is 35.5. The lowest BCUT2D eigenvalue weighted by molar-refractivity contribution is -0.132.